The van der Waals surface area contributed by atoms with Crippen molar-refractivity contribution < 1.29 is 4.79 Å². The Hall–Kier alpha value is -2.91. The highest BCUT2D eigenvalue weighted by atomic mass is 16.2. The molecule has 4 rings (SSSR count). The van der Waals surface area contributed by atoms with Gasteiger partial charge in [-0.1, -0.05) is 19.1 Å². The van der Waals surface area contributed by atoms with E-state index in [0.717, 1.165) is 43.7 Å². The first-order chi connectivity index (χ1) is 14.7. The lowest BCUT2D eigenvalue weighted by Gasteiger charge is -2.31. The predicted molar refractivity (Wildman–Crippen MR) is 118 cm³/mol. The zero-order valence-electron chi connectivity index (χ0n) is 17.6. The van der Waals surface area contributed by atoms with Crippen molar-refractivity contribution in [1.82, 2.24) is 14.9 Å². The van der Waals surface area contributed by atoms with Gasteiger partial charge in [0.15, 0.2) is 5.82 Å². The number of hydrogen-bond donors (Lipinski definition) is 2. The van der Waals surface area contributed by atoms with Crippen molar-refractivity contribution in [3.05, 3.63) is 53.1 Å². The summed E-state index contributed by atoms with van der Waals surface area (Å²) >= 11 is 0. The molecule has 30 heavy (non-hydrogen) atoms. The molecule has 0 atom stereocenters. The highest BCUT2D eigenvalue weighted by Crippen LogP contribution is 2.36. The molecule has 1 aromatic carbocycles. The summed E-state index contributed by atoms with van der Waals surface area (Å²) in [5.74, 6) is 0.410. The van der Waals surface area contributed by atoms with Crippen LogP contribution in [0.1, 0.15) is 78.8 Å². The molecular formula is C24H29N5O. The first-order valence-electron chi connectivity index (χ1n) is 11.0. The van der Waals surface area contributed by atoms with Crippen LogP contribution in [-0.4, -0.2) is 40.4 Å². The normalized spacial score (nSPS) is 17.9. The Kier molecular flexibility index (Phi) is 6.29. The quantitative estimate of drug-likeness (QED) is 0.758. The number of nitrogens with zero attached hydrogens (tertiary/aromatic N) is 3. The monoisotopic (exact) mass is 403 g/mol. The Morgan fingerprint density at radius 2 is 2.17 bits per heavy atom. The van der Waals surface area contributed by atoms with E-state index in [4.69, 9.17) is 5.26 Å². The number of hydrogen-bond acceptors (Lipinski definition) is 4. The van der Waals surface area contributed by atoms with Crippen molar-refractivity contribution in [2.24, 2.45) is 0 Å². The number of anilines is 1. The first kappa shape index (κ1) is 20.4. The number of carbonyl (C=O) groups is 1. The SMILES string of the molecule is CCN1CCC(c2ccc(NC(=O)c3ncc(C#N)[nH]3)c(C3=CCCCC3)c2)CC1. The maximum atomic E-state index is 12.7. The van der Waals surface area contributed by atoms with Gasteiger partial charge >= 0.3 is 0 Å². The molecule has 1 aromatic heterocycles. The van der Waals surface area contributed by atoms with Gasteiger partial charge in [0.05, 0.1) is 6.20 Å². The summed E-state index contributed by atoms with van der Waals surface area (Å²) in [5.41, 5.74) is 4.92. The summed E-state index contributed by atoms with van der Waals surface area (Å²) in [5, 5.41) is 12.0. The highest BCUT2D eigenvalue weighted by molar-refractivity contribution is 6.03. The molecule has 0 radical (unpaired) electrons. The predicted octanol–water partition coefficient (Wildman–Crippen LogP) is 4.69. The number of piperidine rings is 1. The Morgan fingerprint density at radius 1 is 1.33 bits per heavy atom. The van der Waals surface area contributed by atoms with Crippen LogP contribution >= 0.6 is 0 Å². The van der Waals surface area contributed by atoms with Crippen molar-refractivity contribution >= 4 is 17.2 Å². The van der Waals surface area contributed by atoms with Crippen LogP contribution in [0.25, 0.3) is 5.57 Å². The van der Waals surface area contributed by atoms with Gasteiger partial charge in [0, 0.05) is 11.3 Å². The fourth-order valence-corrected chi connectivity index (χ4v) is 4.53. The number of aromatic nitrogens is 2. The van der Waals surface area contributed by atoms with Crippen LogP contribution in [-0.2, 0) is 0 Å². The molecule has 0 bridgehead atoms. The second-order valence-corrected chi connectivity index (χ2v) is 8.20. The van der Waals surface area contributed by atoms with Crippen molar-refractivity contribution in [3.63, 3.8) is 0 Å². The van der Waals surface area contributed by atoms with Crippen LogP contribution in [0.5, 0.6) is 0 Å². The van der Waals surface area contributed by atoms with Crippen molar-refractivity contribution in [2.75, 3.05) is 25.0 Å². The molecule has 6 heteroatoms. The third kappa shape index (κ3) is 4.47. The van der Waals surface area contributed by atoms with Crippen LogP contribution in [0, 0.1) is 11.3 Å². The zero-order chi connectivity index (χ0) is 20.9. The molecule has 2 heterocycles. The second-order valence-electron chi connectivity index (χ2n) is 8.20. The molecule has 2 aliphatic rings. The average Bonchev–Trinajstić information content (AvgIpc) is 3.30. The Labute approximate surface area is 178 Å². The van der Waals surface area contributed by atoms with Crippen LogP contribution in [0.4, 0.5) is 5.69 Å². The van der Waals surface area contributed by atoms with Crippen molar-refractivity contribution in [1.29, 1.82) is 5.26 Å². The number of aromatic amines is 1. The van der Waals surface area contributed by atoms with Crippen molar-refractivity contribution in [3.8, 4) is 6.07 Å². The minimum absolute atomic E-state index is 0.158. The van der Waals surface area contributed by atoms with Crippen LogP contribution in [0.15, 0.2) is 30.5 Å². The fourth-order valence-electron chi connectivity index (χ4n) is 4.53. The third-order valence-corrected chi connectivity index (χ3v) is 6.35. The minimum atomic E-state index is -0.321. The number of imidazole rings is 1. The first-order valence-corrected chi connectivity index (χ1v) is 11.0. The molecule has 156 valence electrons. The third-order valence-electron chi connectivity index (χ3n) is 6.35. The summed E-state index contributed by atoms with van der Waals surface area (Å²) in [4.78, 5) is 22.0. The standard InChI is InChI=1S/C24H29N5O/c1-2-29-12-10-17(11-13-29)19-8-9-22(21(14-19)18-6-4-3-5-7-18)28-24(30)23-26-16-20(15-25)27-23/h6,8-9,14,16-17H,2-5,7,10-13H2,1H3,(H,26,27)(H,28,30). The number of nitrogens with one attached hydrogen (secondary N) is 2. The van der Waals surface area contributed by atoms with Crippen molar-refractivity contribution in [2.45, 2.75) is 51.4 Å². The molecule has 1 saturated heterocycles. The number of H-pyrrole nitrogens is 1. The topological polar surface area (TPSA) is 84.8 Å². The molecule has 2 N–H and O–H groups in total. The molecule has 0 spiro atoms. The van der Waals surface area contributed by atoms with E-state index in [1.807, 2.05) is 12.1 Å². The van der Waals surface area contributed by atoms with E-state index in [1.54, 1.807) is 0 Å². The number of amides is 1. The van der Waals surface area contributed by atoms with E-state index in [2.05, 4.69) is 45.3 Å². The molecule has 1 fully saturated rings. The molecule has 2 aromatic rings. The number of benzene rings is 1. The minimum Gasteiger partial charge on any atom is -0.326 e. The maximum absolute atomic E-state index is 12.7. The van der Waals surface area contributed by atoms with Gasteiger partial charge in [-0.3, -0.25) is 4.79 Å². The highest BCUT2D eigenvalue weighted by Gasteiger charge is 2.22. The molecule has 1 aliphatic carbocycles. The van der Waals surface area contributed by atoms with E-state index in [-0.39, 0.29) is 17.4 Å². The van der Waals surface area contributed by atoms with E-state index in [9.17, 15) is 4.79 Å². The maximum Gasteiger partial charge on any atom is 0.291 e. The molecule has 1 aliphatic heterocycles. The summed E-state index contributed by atoms with van der Waals surface area (Å²) in [7, 11) is 0. The van der Waals surface area contributed by atoms with Gasteiger partial charge in [0.25, 0.3) is 5.91 Å². The zero-order valence-corrected chi connectivity index (χ0v) is 17.6. The number of likely N-dealkylation sites (tertiary alicyclic amines) is 1. The lowest BCUT2D eigenvalue weighted by Crippen LogP contribution is -2.32. The number of carbonyl (C=O) groups excluding carboxylic acids is 1. The van der Waals surface area contributed by atoms with Gasteiger partial charge in [0.1, 0.15) is 11.8 Å². The summed E-state index contributed by atoms with van der Waals surface area (Å²) in [6.45, 7) is 5.65. The second kappa shape index (κ2) is 9.27. The van der Waals surface area contributed by atoms with Crippen LogP contribution in [0.3, 0.4) is 0 Å². The van der Waals surface area contributed by atoms with Gasteiger partial charge in [-0.2, -0.15) is 5.26 Å². The fraction of sp³-hybridized carbons (Fsp3) is 0.458. The van der Waals surface area contributed by atoms with Gasteiger partial charge in [-0.05, 0) is 87.3 Å². The van der Waals surface area contributed by atoms with E-state index >= 15 is 0 Å². The van der Waals surface area contributed by atoms with Crippen LogP contribution < -0.4 is 5.32 Å². The van der Waals surface area contributed by atoms with Gasteiger partial charge < -0.3 is 15.2 Å². The number of rotatable bonds is 5. The molecular weight excluding hydrogens is 374 g/mol. The van der Waals surface area contributed by atoms with E-state index in [0.29, 0.717) is 5.92 Å². The van der Waals surface area contributed by atoms with Gasteiger partial charge in [-0.25, -0.2) is 4.98 Å². The lowest BCUT2D eigenvalue weighted by atomic mass is 9.85. The Balaban J connectivity index is 1.60. The Morgan fingerprint density at radius 3 is 2.83 bits per heavy atom. The van der Waals surface area contributed by atoms with E-state index in [1.165, 1.54) is 43.0 Å². The summed E-state index contributed by atoms with van der Waals surface area (Å²) < 4.78 is 0. The van der Waals surface area contributed by atoms with Gasteiger partial charge in [0.2, 0.25) is 0 Å². The molecule has 0 saturated carbocycles. The van der Waals surface area contributed by atoms with Gasteiger partial charge in [-0.15, -0.1) is 0 Å². The summed E-state index contributed by atoms with van der Waals surface area (Å²) in [6, 6.07) is 8.47. The number of allylic oxidation sites excluding steroid dienone is 2. The molecule has 0 unspecified atom stereocenters. The summed E-state index contributed by atoms with van der Waals surface area (Å²) in [6.07, 6.45) is 10.6. The average molecular weight is 404 g/mol. The Bertz CT molecular complexity index is 976. The molecule has 1 amide bonds. The van der Waals surface area contributed by atoms with E-state index < -0.39 is 0 Å². The van der Waals surface area contributed by atoms with Crippen LogP contribution in [0.2, 0.25) is 0 Å². The number of nitriles is 1. The largest absolute Gasteiger partial charge is 0.326 e. The molecule has 6 nitrogen and oxygen atoms in total. The smallest absolute Gasteiger partial charge is 0.291 e. The lowest BCUT2D eigenvalue weighted by molar-refractivity contribution is 0.101.